The molecular formula is C16H25NO3. The Balaban J connectivity index is 2.03. The predicted molar refractivity (Wildman–Crippen MR) is 75.5 cm³/mol. The van der Waals surface area contributed by atoms with Gasteiger partial charge in [0, 0.05) is 16.5 Å². The number of hydrogen-bond acceptors (Lipinski definition) is 2. The van der Waals surface area contributed by atoms with Crippen LogP contribution in [0.2, 0.25) is 0 Å². The highest BCUT2D eigenvalue weighted by molar-refractivity contribution is 5.84. The van der Waals surface area contributed by atoms with Crippen molar-refractivity contribution in [3.8, 4) is 0 Å². The minimum absolute atomic E-state index is 0.220. The van der Waals surface area contributed by atoms with Gasteiger partial charge in [0.15, 0.2) is 0 Å². The quantitative estimate of drug-likeness (QED) is 0.843. The van der Waals surface area contributed by atoms with Gasteiger partial charge in [0.2, 0.25) is 0 Å². The number of carbonyl (C=O) groups is 2. The van der Waals surface area contributed by atoms with Crippen LogP contribution in [-0.4, -0.2) is 33.0 Å². The van der Waals surface area contributed by atoms with Crippen molar-refractivity contribution in [1.82, 2.24) is 4.90 Å². The van der Waals surface area contributed by atoms with Crippen LogP contribution in [0.5, 0.6) is 0 Å². The smallest absolute Gasteiger partial charge is 0.408 e. The van der Waals surface area contributed by atoms with Gasteiger partial charge in [-0.05, 0) is 71.6 Å². The molecule has 20 heavy (non-hydrogen) atoms. The van der Waals surface area contributed by atoms with E-state index in [0.717, 1.165) is 32.1 Å². The molecule has 0 aliphatic heterocycles. The van der Waals surface area contributed by atoms with E-state index in [1.807, 2.05) is 20.8 Å². The summed E-state index contributed by atoms with van der Waals surface area (Å²) in [5, 5.41) is 9.74. The summed E-state index contributed by atoms with van der Waals surface area (Å²) in [5.74, 6) is 1.23. The maximum absolute atomic E-state index is 12.2. The molecule has 0 heterocycles. The molecule has 4 nitrogen and oxygen atoms in total. The molecule has 4 bridgehead atoms. The molecule has 4 saturated carbocycles. The van der Waals surface area contributed by atoms with Crippen LogP contribution in [0.3, 0.4) is 0 Å². The lowest BCUT2D eigenvalue weighted by Crippen LogP contribution is -2.61. The van der Waals surface area contributed by atoms with Gasteiger partial charge in [-0.1, -0.05) is 0 Å². The van der Waals surface area contributed by atoms with Crippen molar-refractivity contribution in [2.45, 2.75) is 70.9 Å². The van der Waals surface area contributed by atoms with Gasteiger partial charge in [0.25, 0.3) is 0 Å². The zero-order valence-electron chi connectivity index (χ0n) is 12.9. The van der Waals surface area contributed by atoms with Crippen LogP contribution in [0.4, 0.5) is 4.79 Å². The molecule has 4 rings (SSSR count). The fraction of sp³-hybridized carbons (Fsp3) is 0.875. The fourth-order valence-corrected chi connectivity index (χ4v) is 5.87. The van der Waals surface area contributed by atoms with Crippen molar-refractivity contribution < 1.29 is 14.7 Å². The third kappa shape index (κ3) is 1.60. The van der Waals surface area contributed by atoms with Gasteiger partial charge in [-0.25, -0.2) is 4.79 Å². The van der Waals surface area contributed by atoms with E-state index < -0.39 is 11.6 Å². The third-order valence-corrected chi connectivity index (χ3v) is 6.03. The molecule has 0 aromatic rings. The largest absolute Gasteiger partial charge is 0.465 e. The van der Waals surface area contributed by atoms with E-state index in [9.17, 15) is 14.7 Å². The Bertz CT molecular complexity index is 481. The number of rotatable bonds is 2. The molecule has 4 fully saturated rings. The summed E-state index contributed by atoms with van der Waals surface area (Å²) in [6.07, 6.45) is 3.86. The molecule has 0 radical (unpaired) electrons. The molecule has 4 unspecified atom stereocenters. The minimum Gasteiger partial charge on any atom is -0.465 e. The number of nitrogens with zero attached hydrogens (tertiary/aromatic N) is 1. The maximum atomic E-state index is 12.2. The Hall–Kier alpha value is -1.06. The SMILES string of the molecule is CC(=O)C12CC3CC1CC(N(C(=O)O)C(C)(C)C)(C3)C2. The van der Waals surface area contributed by atoms with Crippen molar-refractivity contribution in [3.63, 3.8) is 0 Å². The Morgan fingerprint density at radius 2 is 1.85 bits per heavy atom. The number of carboxylic acid groups (broad SMARTS) is 1. The topological polar surface area (TPSA) is 57.6 Å². The molecular weight excluding hydrogens is 254 g/mol. The van der Waals surface area contributed by atoms with Crippen molar-refractivity contribution in [2.75, 3.05) is 0 Å². The first kappa shape index (κ1) is 13.9. The lowest BCUT2D eigenvalue weighted by atomic mass is 9.69. The van der Waals surface area contributed by atoms with Gasteiger partial charge in [-0.3, -0.25) is 9.69 Å². The summed E-state index contributed by atoms with van der Waals surface area (Å²) >= 11 is 0. The first-order valence-corrected chi connectivity index (χ1v) is 7.65. The Labute approximate surface area is 120 Å². The third-order valence-electron chi connectivity index (χ3n) is 6.03. The molecule has 4 aliphatic carbocycles. The second-order valence-electron chi connectivity index (χ2n) is 8.31. The molecule has 112 valence electrons. The zero-order chi connectivity index (χ0) is 14.9. The van der Waals surface area contributed by atoms with Gasteiger partial charge in [0.1, 0.15) is 5.78 Å². The van der Waals surface area contributed by atoms with E-state index in [1.54, 1.807) is 11.8 Å². The Kier molecular flexibility index (Phi) is 2.62. The van der Waals surface area contributed by atoms with Crippen molar-refractivity contribution >= 4 is 11.9 Å². The second kappa shape index (κ2) is 3.77. The standard InChI is InChI=1S/C16H25NO3/c1-10(18)16-7-11-5-12(16)8-15(6-11,9-16)17(13(19)20)14(2,3)4/h11-12H,5-9H2,1-4H3,(H,19,20). The van der Waals surface area contributed by atoms with Gasteiger partial charge in [0.05, 0.1) is 0 Å². The average molecular weight is 279 g/mol. The van der Waals surface area contributed by atoms with Crippen LogP contribution in [0.15, 0.2) is 0 Å². The van der Waals surface area contributed by atoms with Crippen LogP contribution in [-0.2, 0) is 4.79 Å². The van der Waals surface area contributed by atoms with Gasteiger partial charge >= 0.3 is 6.09 Å². The maximum Gasteiger partial charge on any atom is 0.408 e. The van der Waals surface area contributed by atoms with E-state index in [4.69, 9.17) is 0 Å². The summed E-state index contributed by atoms with van der Waals surface area (Å²) in [7, 11) is 0. The summed E-state index contributed by atoms with van der Waals surface area (Å²) in [6.45, 7) is 7.59. The molecule has 4 heteroatoms. The first-order valence-electron chi connectivity index (χ1n) is 7.65. The normalized spacial score (nSPS) is 42.0. The summed E-state index contributed by atoms with van der Waals surface area (Å²) in [6, 6.07) is 0. The second-order valence-corrected chi connectivity index (χ2v) is 8.31. The molecule has 0 spiro atoms. The number of amides is 1. The first-order chi connectivity index (χ1) is 9.11. The molecule has 4 aliphatic rings. The minimum atomic E-state index is -0.835. The zero-order valence-corrected chi connectivity index (χ0v) is 12.9. The Morgan fingerprint density at radius 1 is 1.20 bits per heavy atom. The highest BCUT2D eigenvalue weighted by Crippen LogP contribution is 2.69. The number of ketones is 1. The summed E-state index contributed by atoms with van der Waals surface area (Å²) < 4.78 is 0. The van der Waals surface area contributed by atoms with E-state index in [-0.39, 0.29) is 16.7 Å². The van der Waals surface area contributed by atoms with E-state index in [1.165, 1.54) is 0 Å². The van der Waals surface area contributed by atoms with Crippen molar-refractivity contribution in [1.29, 1.82) is 0 Å². The number of carbonyl (C=O) groups excluding carboxylic acids is 1. The molecule has 0 saturated heterocycles. The van der Waals surface area contributed by atoms with Crippen molar-refractivity contribution in [3.05, 3.63) is 0 Å². The lowest BCUT2D eigenvalue weighted by molar-refractivity contribution is -0.129. The highest BCUT2D eigenvalue weighted by atomic mass is 16.4. The number of hydrogen-bond donors (Lipinski definition) is 1. The van der Waals surface area contributed by atoms with Crippen LogP contribution >= 0.6 is 0 Å². The van der Waals surface area contributed by atoms with Crippen LogP contribution in [0.1, 0.15) is 59.8 Å². The fourth-order valence-electron chi connectivity index (χ4n) is 5.87. The summed E-state index contributed by atoms with van der Waals surface area (Å²) in [5.41, 5.74) is -0.939. The molecule has 0 aromatic heterocycles. The van der Waals surface area contributed by atoms with Crippen LogP contribution < -0.4 is 0 Å². The van der Waals surface area contributed by atoms with E-state index in [0.29, 0.717) is 11.8 Å². The van der Waals surface area contributed by atoms with Crippen LogP contribution in [0.25, 0.3) is 0 Å². The van der Waals surface area contributed by atoms with Crippen LogP contribution in [0, 0.1) is 17.3 Å². The highest BCUT2D eigenvalue weighted by Gasteiger charge is 2.69. The monoisotopic (exact) mass is 279 g/mol. The van der Waals surface area contributed by atoms with Gasteiger partial charge < -0.3 is 5.11 Å². The molecule has 1 N–H and O–H groups in total. The van der Waals surface area contributed by atoms with E-state index >= 15 is 0 Å². The molecule has 4 atom stereocenters. The van der Waals surface area contributed by atoms with Gasteiger partial charge in [-0.15, -0.1) is 0 Å². The molecule has 1 amide bonds. The molecule has 0 aromatic carbocycles. The van der Waals surface area contributed by atoms with Crippen molar-refractivity contribution in [2.24, 2.45) is 17.3 Å². The number of Topliss-reactive ketones (excluding diaryl/α,β-unsaturated/α-hetero) is 1. The van der Waals surface area contributed by atoms with E-state index in [2.05, 4.69) is 0 Å². The average Bonchev–Trinajstić information content (AvgIpc) is 2.59. The Morgan fingerprint density at radius 3 is 2.30 bits per heavy atom. The lowest BCUT2D eigenvalue weighted by Gasteiger charge is -2.52. The predicted octanol–water partition coefficient (Wildman–Crippen LogP) is 3.30. The van der Waals surface area contributed by atoms with Gasteiger partial charge in [-0.2, -0.15) is 0 Å². The summed E-state index contributed by atoms with van der Waals surface area (Å²) in [4.78, 5) is 25.8.